The molecule has 0 aliphatic carbocycles. The van der Waals surface area contributed by atoms with Crippen molar-refractivity contribution >= 4 is 0 Å². The van der Waals surface area contributed by atoms with Gasteiger partial charge in [0.2, 0.25) is 0 Å². The van der Waals surface area contributed by atoms with Gasteiger partial charge in [0.25, 0.3) is 0 Å². The quantitative estimate of drug-likeness (QED) is 0.876. The third-order valence-corrected chi connectivity index (χ3v) is 3.75. The first-order chi connectivity index (χ1) is 8.75. The van der Waals surface area contributed by atoms with Gasteiger partial charge in [-0.05, 0) is 32.4 Å². The molecule has 1 N–H and O–H groups in total. The molecule has 2 aromatic rings. The fourth-order valence-corrected chi connectivity index (χ4v) is 2.74. The summed E-state index contributed by atoms with van der Waals surface area (Å²) in [5.41, 5.74) is 5.09. The molecule has 0 amide bonds. The van der Waals surface area contributed by atoms with Crippen LogP contribution < -0.4 is 5.32 Å². The second kappa shape index (κ2) is 4.58. The summed E-state index contributed by atoms with van der Waals surface area (Å²) in [6.07, 6.45) is 3.18. The lowest BCUT2D eigenvalue weighted by Crippen LogP contribution is -2.15. The van der Waals surface area contributed by atoms with E-state index in [1.165, 1.54) is 28.8 Å². The topological polar surface area (TPSA) is 29.9 Å². The van der Waals surface area contributed by atoms with E-state index >= 15 is 0 Å². The van der Waals surface area contributed by atoms with Crippen molar-refractivity contribution in [3.63, 3.8) is 0 Å². The third kappa shape index (κ3) is 1.95. The number of hydrogen-bond acceptors (Lipinski definition) is 2. The number of nitrogens with one attached hydrogen (secondary N) is 1. The fraction of sp³-hybridized carbons (Fsp3) is 0.400. The van der Waals surface area contributed by atoms with Crippen molar-refractivity contribution in [3.05, 3.63) is 41.7 Å². The van der Waals surface area contributed by atoms with E-state index < -0.39 is 0 Å². The highest BCUT2D eigenvalue weighted by Gasteiger charge is 2.20. The van der Waals surface area contributed by atoms with Gasteiger partial charge in [-0.1, -0.05) is 29.8 Å². The summed E-state index contributed by atoms with van der Waals surface area (Å²) in [5.74, 6) is 0. The molecule has 3 heteroatoms. The molecule has 1 aliphatic rings. The molecule has 0 radical (unpaired) electrons. The summed E-state index contributed by atoms with van der Waals surface area (Å²) in [7, 11) is 0. The minimum atomic E-state index is 0.517. The van der Waals surface area contributed by atoms with E-state index in [4.69, 9.17) is 0 Å². The van der Waals surface area contributed by atoms with Gasteiger partial charge in [0.1, 0.15) is 0 Å². The van der Waals surface area contributed by atoms with E-state index in [0.717, 1.165) is 13.1 Å². The van der Waals surface area contributed by atoms with Crippen molar-refractivity contribution in [2.45, 2.75) is 26.3 Å². The maximum Gasteiger partial charge on any atom is 0.0658 e. The van der Waals surface area contributed by atoms with Crippen molar-refractivity contribution < 1.29 is 0 Å². The number of benzene rings is 1. The molecule has 1 aromatic carbocycles. The smallest absolute Gasteiger partial charge is 0.0658 e. The molecule has 3 rings (SSSR count). The average Bonchev–Trinajstić information content (AvgIpc) is 2.97. The van der Waals surface area contributed by atoms with Gasteiger partial charge < -0.3 is 5.32 Å². The molecule has 18 heavy (non-hydrogen) atoms. The number of aryl methyl sites for hydroxylation is 1. The lowest BCUT2D eigenvalue weighted by Gasteiger charge is -2.12. The van der Waals surface area contributed by atoms with Crippen LogP contribution in [0.25, 0.3) is 11.1 Å². The van der Waals surface area contributed by atoms with Crippen molar-refractivity contribution in [2.75, 3.05) is 13.1 Å². The Labute approximate surface area is 108 Å². The molecule has 0 bridgehead atoms. The van der Waals surface area contributed by atoms with Crippen LogP contribution in [0.2, 0.25) is 0 Å². The average molecular weight is 241 g/mol. The zero-order valence-electron chi connectivity index (χ0n) is 11.0. The Kier molecular flexibility index (Phi) is 2.92. The van der Waals surface area contributed by atoms with Gasteiger partial charge in [-0.25, -0.2) is 0 Å². The molecule has 0 spiro atoms. The highest BCUT2D eigenvalue weighted by atomic mass is 15.3. The van der Waals surface area contributed by atoms with Gasteiger partial charge in [-0.15, -0.1) is 0 Å². The van der Waals surface area contributed by atoms with Crippen molar-refractivity contribution in [2.24, 2.45) is 0 Å². The molecular formula is C15H19N3. The first kappa shape index (κ1) is 11.5. The van der Waals surface area contributed by atoms with Crippen LogP contribution in [0.15, 0.2) is 30.5 Å². The zero-order chi connectivity index (χ0) is 12.5. The van der Waals surface area contributed by atoms with Gasteiger partial charge in [-0.2, -0.15) is 5.10 Å². The molecule has 0 saturated carbocycles. The Bertz CT molecular complexity index is 551. The summed E-state index contributed by atoms with van der Waals surface area (Å²) in [6, 6.07) is 9.14. The first-order valence-electron chi connectivity index (χ1n) is 6.57. The molecule has 94 valence electrons. The van der Waals surface area contributed by atoms with Crippen LogP contribution >= 0.6 is 0 Å². The van der Waals surface area contributed by atoms with E-state index in [0.29, 0.717) is 6.04 Å². The predicted molar refractivity (Wildman–Crippen MR) is 73.7 cm³/mol. The van der Waals surface area contributed by atoms with E-state index in [1.807, 2.05) is 6.20 Å². The van der Waals surface area contributed by atoms with E-state index in [2.05, 4.69) is 53.2 Å². The summed E-state index contributed by atoms with van der Waals surface area (Å²) >= 11 is 0. The van der Waals surface area contributed by atoms with Crippen molar-refractivity contribution in [3.8, 4) is 11.1 Å². The minimum Gasteiger partial charge on any atom is -0.315 e. The van der Waals surface area contributed by atoms with Crippen LogP contribution in [0.4, 0.5) is 0 Å². The summed E-state index contributed by atoms with van der Waals surface area (Å²) in [5, 5.41) is 7.98. The highest BCUT2D eigenvalue weighted by Crippen LogP contribution is 2.27. The molecule has 1 saturated heterocycles. The lowest BCUT2D eigenvalue weighted by atomic mass is 10.0. The van der Waals surface area contributed by atoms with E-state index in [1.54, 1.807) is 0 Å². The minimum absolute atomic E-state index is 0.517. The molecular weight excluding hydrogens is 222 g/mol. The molecule has 1 unspecified atom stereocenters. The van der Waals surface area contributed by atoms with Gasteiger partial charge in [0.05, 0.1) is 12.2 Å². The maximum absolute atomic E-state index is 4.58. The summed E-state index contributed by atoms with van der Waals surface area (Å²) < 4.78 is 2.18. The lowest BCUT2D eigenvalue weighted by molar-refractivity contribution is 0.480. The molecule has 1 atom stereocenters. The number of hydrogen-bond donors (Lipinski definition) is 1. The largest absolute Gasteiger partial charge is 0.315 e. The summed E-state index contributed by atoms with van der Waals surface area (Å²) in [4.78, 5) is 0. The Morgan fingerprint density at radius 2 is 2.22 bits per heavy atom. The zero-order valence-corrected chi connectivity index (χ0v) is 11.0. The SMILES string of the molecule is Cc1cccc(-c2cnn(C3CCNC3)c2C)c1. The molecule has 1 aliphatic heterocycles. The van der Waals surface area contributed by atoms with Gasteiger partial charge in [0, 0.05) is 17.8 Å². The van der Waals surface area contributed by atoms with E-state index in [-0.39, 0.29) is 0 Å². The maximum atomic E-state index is 4.58. The third-order valence-electron chi connectivity index (χ3n) is 3.75. The Morgan fingerprint density at radius 3 is 2.94 bits per heavy atom. The van der Waals surface area contributed by atoms with Gasteiger partial charge >= 0.3 is 0 Å². The van der Waals surface area contributed by atoms with Gasteiger partial charge in [0.15, 0.2) is 0 Å². The molecule has 3 nitrogen and oxygen atoms in total. The first-order valence-corrected chi connectivity index (χ1v) is 6.57. The number of nitrogens with zero attached hydrogens (tertiary/aromatic N) is 2. The van der Waals surface area contributed by atoms with Gasteiger partial charge in [-0.3, -0.25) is 4.68 Å². The Hall–Kier alpha value is -1.61. The second-order valence-electron chi connectivity index (χ2n) is 5.10. The normalized spacial score (nSPS) is 19.3. The molecule has 1 fully saturated rings. The van der Waals surface area contributed by atoms with Crippen LogP contribution in [0, 0.1) is 13.8 Å². The number of rotatable bonds is 2. The summed E-state index contributed by atoms with van der Waals surface area (Å²) in [6.45, 7) is 6.44. The van der Waals surface area contributed by atoms with Crippen LogP contribution in [-0.4, -0.2) is 22.9 Å². The van der Waals surface area contributed by atoms with Crippen LogP contribution in [0.1, 0.15) is 23.7 Å². The molecule has 1 aromatic heterocycles. The highest BCUT2D eigenvalue weighted by molar-refractivity contribution is 5.65. The second-order valence-corrected chi connectivity index (χ2v) is 5.10. The van der Waals surface area contributed by atoms with Crippen molar-refractivity contribution in [1.82, 2.24) is 15.1 Å². The van der Waals surface area contributed by atoms with Crippen LogP contribution in [0.3, 0.4) is 0 Å². The number of aromatic nitrogens is 2. The Balaban J connectivity index is 1.98. The standard InChI is InChI=1S/C15H19N3/c1-11-4-3-5-13(8-11)15-10-17-18(12(15)2)14-6-7-16-9-14/h3-5,8,10,14,16H,6-7,9H2,1-2H3. The van der Waals surface area contributed by atoms with Crippen LogP contribution in [-0.2, 0) is 0 Å². The van der Waals surface area contributed by atoms with Crippen LogP contribution in [0.5, 0.6) is 0 Å². The predicted octanol–water partition coefficient (Wildman–Crippen LogP) is 2.70. The van der Waals surface area contributed by atoms with E-state index in [9.17, 15) is 0 Å². The van der Waals surface area contributed by atoms with Crippen molar-refractivity contribution in [1.29, 1.82) is 0 Å². The monoisotopic (exact) mass is 241 g/mol. The molecule has 2 heterocycles. The fourth-order valence-electron chi connectivity index (χ4n) is 2.74. The Morgan fingerprint density at radius 1 is 1.33 bits per heavy atom.